The second-order valence-corrected chi connectivity index (χ2v) is 6.20. The Morgan fingerprint density at radius 2 is 1.94 bits per heavy atom. The van der Waals surface area contributed by atoms with E-state index in [0.29, 0.717) is 6.04 Å². The van der Waals surface area contributed by atoms with Gasteiger partial charge in [0, 0.05) is 16.2 Å². The van der Waals surface area contributed by atoms with Crippen LogP contribution >= 0.6 is 11.8 Å². The van der Waals surface area contributed by atoms with Crippen molar-refractivity contribution in [3.63, 3.8) is 0 Å². The molecule has 0 amide bonds. The highest BCUT2D eigenvalue weighted by Crippen LogP contribution is 2.40. The first-order chi connectivity index (χ1) is 7.93. The molecule has 1 aliphatic heterocycles. The topological polar surface area (TPSA) is 12.0 Å². The van der Waals surface area contributed by atoms with Crippen molar-refractivity contribution in [3.05, 3.63) is 29.8 Å². The largest absolute Gasteiger partial charge is 0.310 e. The molecule has 1 aliphatic carbocycles. The minimum absolute atomic E-state index is 0.615. The second-order valence-electron chi connectivity index (χ2n) is 4.86. The zero-order chi connectivity index (χ0) is 10.8. The zero-order valence-electron chi connectivity index (χ0n) is 9.61. The molecule has 1 aromatic rings. The van der Waals surface area contributed by atoms with Crippen LogP contribution in [0.15, 0.2) is 29.2 Å². The van der Waals surface area contributed by atoms with Crippen molar-refractivity contribution in [2.45, 2.75) is 48.3 Å². The summed E-state index contributed by atoms with van der Waals surface area (Å²) in [6.07, 6.45) is 6.89. The van der Waals surface area contributed by atoms with Crippen LogP contribution in [0.5, 0.6) is 0 Å². The SMILES string of the molecule is c1ccc(C2CCCN2)c(SC2CCC2)c1. The monoisotopic (exact) mass is 233 g/mol. The quantitative estimate of drug-likeness (QED) is 0.853. The molecular formula is C14H19NS. The Morgan fingerprint density at radius 1 is 1.06 bits per heavy atom. The van der Waals surface area contributed by atoms with Gasteiger partial charge in [-0.25, -0.2) is 0 Å². The van der Waals surface area contributed by atoms with E-state index in [9.17, 15) is 0 Å². The van der Waals surface area contributed by atoms with Crippen LogP contribution < -0.4 is 5.32 Å². The Kier molecular flexibility index (Phi) is 3.20. The van der Waals surface area contributed by atoms with E-state index in [1.807, 2.05) is 0 Å². The predicted molar refractivity (Wildman–Crippen MR) is 69.9 cm³/mol. The summed E-state index contributed by atoms with van der Waals surface area (Å²) in [5.41, 5.74) is 1.54. The minimum Gasteiger partial charge on any atom is -0.310 e. The van der Waals surface area contributed by atoms with Gasteiger partial charge in [0.15, 0.2) is 0 Å². The molecule has 1 aromatic carbocycles. The molecule has 2 heteroatoms. The maximum absolute atomic E-state index is 3.61. The Morgan fingerprint density at radius 3 is 2.62 bits per heavy atom. The van der Waals surface area contributed by atoms with Crippen LogP contribution in [0, 0.1) is 0 Å². The number of hydrogen-bond donors (Lipinski definition) is 1. The van der Waals surface area contributed by atoms with Crippen LogP contribution in [0.1, 0.15) is 43.7 Å². The molecule has 2 fully saturated rings. The Hall–Kier alpha value is -0.470. The fourth-order valence-electron chi connectivity index (χ4n) is 2.49. The molecule has 1 N–H and O–H groups in total. The predicted octanol–water partition coefficient (Wildman–Crippen LogP) is 3.76. The first-order valence-electron chi connectivity index (χ1n) is 6.42. The molecule has 16 heavy (non-hydrogen) atoms. The van der Waals surface area contributed by atoms with Gasteiger partial charge < -0.3 is 5.32 Å². The normalized spacial score (nSPS) is 25.6. The van der Waals surface area contributed by atoms with Gasteiger partial charge in [0.05, 0.1) is 0 Å². The lowest BCUT2D eigenvalue weighted by Gasteiger charge is -2.26. The minimum atomic E-state index is 0.615. The molecule has 1 saturated heterocycles. The smallest absolute Gasteiger partial charge is 0.0331 e. The molecule has 2 aliphatic rings. The summed E-state index contributed by atoms with van der Waals surface area (Å²) in [5.74, 6) is 0. The Bertz CT molecular complexity index is 354. The van der Waals surface area contributed by atoms with Crippen LogP contribution in [-0.4, -0.2) is 11.8 Å². The van der Waals surface area contributed by atoms with Crippen molar-refractivity contribution in [1.82, 2.24) is 5.32 Å². The molecule has 1 saturated carbocycles. The maximum Gasteiger partial charge on any atom is 0.0331 e. The third-order valence-electron chi connectivity index (χ3n) is 3.70. The van der Waals surface area contributed by atoms with Crippen molar-refractivity contribution in [3.8, 4) is 0 Å². The van der Waals surface area contributed by atoms with Gasteiger partial charge in [-0.05, 0) is 43.9 Å². The lowest BCUT2D eigenvalue weighted by Crippen LogP contribution is -2.16. The van der Waals surface area contributed by atoms with E-state index in [-0.39, 0.29) is 0 Å². The number of benzene rings is 1. The number of hydrogen-bond acceptors (Lipinski definition) is 2. The number of thioether (sulfide) groups is 1. The van der Waals surface area contributed by atoms with Crippen LogP contribution in [0.25, 0.3) is 0 Å². The van der Waals surface area contributed by atoms with Crippen LogP contribution in [-0.2, 0) is 0 Å². The van der Waals surface area contributed by atoms with E-state index in [1.165, 1.54) is 49.1 Å². The van der Waals surface area contributed by atoms with Gasteiger partial charge in [0.2, 0.25) is 0 Å². The highest BCUT2D eigenvalue weighted by Gasteiger charge is 2.23. The molecule has 86 valence electrons. The van der Waals surface area contributed by atoms with Crippen molar-refractivity contribution in [2.24, 2.45) is 0 Å². The number of nitrogens with one attached hydrogen (secondary N) is 1. The van der Waals surface area contributed by atoms with Crippen LogP contribution in [0.2, 0.25) is 0 Å². The summed E-state index contributed by atoms with van der Waals surface area (Å²) in [6.45, 7) is 1.19. The summed E-state index contributed by atoms with van der Waals surface area (Å²) >= 11 is 2.10. The summed E-state index contributed by atoms with van der Waals surface area (Å²) in [7, 11) is 0. The van der Waals surface area contributed by atoms with Gasteiger partial charge in [-0.2, -0.15) is 0 Å². The molecule has 0 aromatic heterocycles. The summed E-state index contributed by atoms with van der Waals surface area (Å²) < 4.78 is 0. The van der Waals surface area contributed by atoms with Crippen molar-refractivity contribution in [2.75, 3.05) is 6.54 Å². The van der Waals surface area contributed by atoms with Crippen LogP contribution in [0.4, 0.5) is 0 Å². The maximum atomic E-state index is 3.61. The first-order valence-corrected chi connectivity index (χ1v) is 7.30. The highest BCUT2D eigenvalue weighted by atomic mass is 32.2. The lowest BCUT2D eigenvalue weighted by atomic mass is 10.00. The average Bonchev–Trinajstić information content (AvgIpc) is 2.77. The van der Waals surface area contributed by atoms with E-state index in [0.717, 1.165) is 5.25 Å². The van der Waals surface area contributed by atoms with E-state index in [2.05, 4.69) is 41.3 Å². The van der Waals surface area contributed by atoms with Gasteiger partial charge >= 0.3 is 0 Å². The summed E-state index contributed by atoms with van der Waals surface area (Å²) in [4.78, 5) is 1.52. The Balaban J connectivity index is 1.78. The van der Waals surface area contributed by atoms with Crippen LogP contribution in [0.3, 0.4) is 0 Å². The zero-order valence-corrected chi connectivity index (χ0v) is 10.4. The van der Waals surface area contributed by atoms with Crippen molar-refractivity contribution in [1.29, 1.82) is 0 Å². The molecular weight excluding hydrogens is 214 g/mol. The third-order valence-corrected chi connectivity index (χ3v) is 5.13. The fourth-order valence-corrected chi connectivity index (χ4v) is 3.93. The second kappa shape index (κ2) is 4.80. The van der Waals surface area contributed by atoms with Gasteiger partial charge in [-0.3, -0.25) is 0 Å². The molecule has 1 heterocycles. The Labute approximate surface area is 102 Å². The highest BCUT2D eigenvalue weighted by molar-refractivity contribution is 8.00. The van der Waals surface area contributed by atoms with E-state index in [1.54, 1.807) is 0 Å². The summed E-state index contributed by atoms with van der Waals surface area (Å²) in [5, 5.41) is 4.50. The van der Waals surface area contributed by atoms with Crippen molar-refractivity contribution >= 4 is 11.8 Å². The van der Waals surface area contributed by atoms with E-state index >= 15 is 0 Å². The number of rotatable bonds is 3. The van der Waals surface area contributed by atoms with Gasteiger partial charge in [-0.15, -0.1) is 11.8 Å². The van der Waals surface area contributed by atoms with Gasteiger partial charge in [0.25, 0.3) is 0 Å². The van der Waals surface area contributed by atoms with E-state index in [4.69, 9.17) is 0 Å². The van der Waals surface area contributed by atoms with Gasteiger partial charge in [0.1, 0.15) is 0 Å². The lowest BCUT2D eigenvalue weighted by molar-refractivity contribution is 0.521. The molecule has 0 bridgehead atoms. The first kappa shape index (κ1) is 10.7. The fraction of sp³-hybridized carbons (Fsp3) is 0.571. The molecule has 3 rings (SSSR count). The average molecular weight is 233 g/mol. The van der Waals surface area contributed by atoms with E-state index < -0.39 is 0 Å². The standard InChI is InChI=1S/C14H19NS/c1-2-9-14(16-11-5-3-6-11)12(7-1)13-8-4-10-15-13/h1-2,7,9,11,13,15H,3-6,8,10H2. The molecule has 0 spiro atoms. The summed E-state index contributed by atoms with van der Waals surface area (Å²) in [6, 6.07) is 9.59. The molecule has 1 unspecified atom stereocenters. The molecule has 0 radical (unpaired) electrons. The third kappa shape index (κ3) is 2.14. The van der Waals surface area contributed by atoms with Crippen molar-refractivity contribution < 1.29 is 0 Å². The van der Waals surface area contributed by atoms with Gasteiger partial charge in [-0.1, -0.05) is 24.6 Å². The molecule has 1 atom stereocenters. The molecule has 1 nitrogen and oxygen atoms in total.